The van der Waals surface area contributed by atoms with Gasteiger partial charge in [-0.05, 0) is 31.9 Å². The lowest BCUT2D eigenvalue weighted by Gasteiger charge is -2.21. The van der Waals surface area contributed by atoms with Gasteiger partial charge in [0, 0.05) is 25.7 Å². The number of hydrogen-bond acceptors (Lipinski definition) is 2. The van der Waals surface area contributed by atoms with Crippen LogP contribution in [0.2, 0.25) is 0 Å². The van der Waals surface area contributed by atoms with Crippen LogP contribution < -0.4 is 0 Å². The predicted octanol–water partition coefficient (Wildman–Crippen LogP) is 1.69. The molecule has 2 rings (SSSR count). The van der Waals surface area contributed by atoms with Crippen LogP contribution in [-0.2, 0) is 4.79 Å². The van der Waals surface area contributed by atoms with E-state index in [4.69, 9.17) is 0 Å². The first-order chi connectivity index (χ1) is 9.08. The van der Waals surface area contributed by atoms with Crippen LogP contribution >= 0.6 is 0 Å². The van der Waals surface area contributed by atoms with E-state index in [9.17, 15) is 9.59 Å². The first kappa shape index (κ1) is 13.6. The third kappa shape index (κ3) is 3.34. The molecule has 0 aliphatic carbocycles. The van der Waals surface area contributed by atoms with Gasteiger partial charge in [-0.25, -0.2) is 0 Å². The normalized spacial score (nSPS) is 14.5. The van der Waals surface area contributed by atoms with E-state index in [0.29, 0.717) is 5.56 Å². The molecule has 19 heavy (non-hydrogen) atoms. The van der Waals surface area contributed by atoms with E-state index in [0.717, 1.165) is 31.5 Å². The summed E-state index contributed by atoms with van der Waals surface area (Å²) in [6.07, 6.45) is 2.14. The zero-order valence-corrected chi connectivity index (χ0v) is 11.6. The SMILES string of the molecule is Cc1cccc(C(=O)N(C)CC(=O)N2CCCC2)c1. The summed E-state index contributed by atoms with van der Waals surface area (Å²) in [5.41, 5.74) is 1.68. The smallest absolute Gasteiger partial charge is 0.254 e. The van der Waals surface area contributed by atoms with E-state index in [-0.39, 0.29) is 18.4 Å². The van der Waals surface area contributed by atoms with Crippen molar-refractivity contribution in [1.29, 1.82) is 0 Å². The Bertz CT molecular complexity index is 479. The van der Waals surface area contributed by atoms with Gasteiger partial charge in [0.1, 0.15) is 0 Å². The van der Waals surface area contributed by atoms with E-state index < -0.39 is 0 Å². The molecule has 1 fully saturated rings. The van der Waals surface area contributed by atoms with Crippen molar-refractivity contribution in [3.8, 4) is 0 Å². The second-order valence-electron chi connectivity index (χ2n) is 5.12. The molecule has 0 saturated carbocycles. The van der Waals surface area contributed by atoms with Gasteiger partial charge in [-0.1, -0.05) is 17.7 Å². The van der Waals surface area contributed by atoms with Gasteiger partial charge >= 0.3 is 0 Å². The highest BCUT2D eigenvalue weighted by atomic mass is 16.2. The Balaban J connectivity index is 1.97. The van der Waals surface area contributed by atoms with Gasteiger partial charge in [0.15, 0.2) is 0 Å². The van der Waals surface area contributed by atoms with Gasteiger partial charge in [-0.3, -0.25) is 9.59 Å². The van der Waals surface area contributed by atoms with Crippen molar-refractivity contribution in [3.63, 3.8) is 0 Å². The fourth-order valence-electron chi connectivity index (χ4n) is 2.34. The Morgan fingerprint density at radius 2 is 1.95 bits per heavy atom. The van der Waals surface area contributed by atoms with E-state index >= 15 is 0 Å². The summed E-state index contributed by atoms with van der Waals surface area (Å²) in [6.45, 7) is 3.76. The molecule has 1 aliphatic heterocycles. The van der Waals surface area contributed by atoms with Gasteiger partial charge in [0.25, 0.3) is 5.91 Å². The number of likely N-dealkylation sites (tertiary alicyclic amines) is 1. The second-order valence-corrected chi connectivity index (χ2v) is 5.12. The minimum Gasteiger partial charge on any atom is -0.341 e. The van der Waals surface area contributed by atoms with E-state index in [1.165, 1.54) is 4.90 Å². The molecule has 0 atom stereocenters. The van der Waals surface area contributed by atoms with Gasteiger partial charge in [-0.15, -0.1) is 0 Å². The standard InChI is InChI=1S/C15H20N2O2/c1-12-6-5-7-13(10-12)15(19)16(2)11-14(18)17-8-3-4-9-17/h5-7,10H,3-4,8-9,11H2,1-2H3. The van der Waals surface area contributed by atoms with Gasteiger partial charge < -0.3 is 9.80 Å². The van der Waals surface area contributed by atoms with E-state index in [1.54, 1.807) is 13.1 Å². The van der Waals surface area contributed by atoms with Gasteiger partial charge in [0.2, 0.25) is 5.91 Å². The van der Waals surface area contributed by atoms with Crippen LogP contribution in [0, 0.1) is 6.92 Å². The van der Waals surface area contributed by atoms with Crippen LogP contribution in [-0.4, -0.2) is 48.3 Å². The molecule has 1 saturated heterocycles. The van der Waals surface area contributed by atoms with Crippen LogP contribution in [0.4, 0.5) is 0 Å². The Morgan fingerprint density at radius 1 is 1.26 bits per heavy atom. The molecule has 0 spiro atoms. The minimum atomic E-state index is -0.101. The zero-order chi connectivity index (χ0) is 13.8. The highest BCUT2D eigenvalue weighted by Gasteiger charge is 2.21. The number of aryl methyl sites for hydroxylation is 1. The lowest BCUT2D eigenvalue weighted by molar-refractivity contribution is -0.130. The Kier molecular flexibility index (Phi) is 4.20. The highest BCUT2D eigenvalue weighted by Crippen LogP contribution is 2.10. The number of amides is 2. The quantitative estimate of drug-likeness (QED) is 0.829. The summed E-state index contributed by atoms with van der Waals surface area (Å²) < 4.78 is 0. The number of carbonyl (C=O) groups excluding carboxylic acids is 2. The number of nitrogens with zero attached hydrogens (tertiary/aromatic N) is 2. The number of benzene rings is 1. The Hall–Kier alpha value is -1.84. The molecular weight excluding hydrogens is 240 g/mol. The summed E-state index contributed by atoms with van der Waals surface area (Å²) in [7, 11) is 1.68. The van der Waals surface area contributed by atoms with Crippen molar-refractivity contribution in [1.82, 2.24) is 9.80 Å². The monoisotopic (exact) mass is 260 g/mol. The van der Waals surface area contributed by atoms with Crippen molar-refractivity contribution in [3.05, 3.63) is 35.4 Å². The molecule has 1 heterocycles. The lowest BCUT2D eigenvalue weighted by atomic mass is 10.1. The maximum absolute atomic E-state index is 12.2. The van der Waals surface area contributed by atoms with Crippen LogP contribution in [0.15, 0.2) is 24.3 Å². The largest absolute Gasteiger partial charge is 0.341 e. The molecule has 4 heteroatoms. The molecule has 1 aromatic rings. The van der Waals surface area contributed by atoms with Crippen LogP contribution in [0.25, 0.3) is 0 Å². The van der Waals surface area contributed by atoms with Gasteiger partial charge in [-0.2, -0.15) is 0 Å². The lowest BCUT2D eigenvalue weighted by Crippen LogP contribution is -2.39. The maximum Gasteiger partial charge on any atom is 0.254 e. The van der Waals surface area contributed by atoms with Crippen molar-refractivity contribution >= 4 is 11.8 Å². The third-order valence-corrected chi connectivity index (χ3v) is 3.44. The first-order valence-electron chi connectivity index (χ1n) is 6.68. The Morgan fingerprint density at radius 3 is 2.58 bits per heavy atom. The summed E-state index contributed by atoms with van der Waals surface area (Å²) in [5, 5.41) is 0. The molecule has 0 unspecified atom stereocenters. The molecule has 0 bridgehead atoms. The summed E-state index contributed by atoms with van der Waals surface area (Å²) in [5.74, 6) is -0.0581. The average molecular weight is 260 g/mol. The number of carbonyl (C=O) groups is 2. The van der Waals surface area contributed by atoms with Crippen molar-refractivity contribution in [2.24, 2.45) is 0 Å². The van der Waals surface area contributed by atoms with Crippen LogP contribution in [0.1, 0.15) is 28.8 Å². The molecule has 0 aromatic heterocycles. The average Bonchev–Trinajstić information content (AvgIpc) is 2.91. The maximum atomic E-state index is 12.2. The molecule has 1 aromatic carbocycles. The molecule has 0 radical (unpaired) electrons. The molecule has 2 amide bonds. The summed E-state index contributed by atoms with van der Waals surface area (Å²) in [4.78, 5) is 27.5. The van der Waals surface area contributed by atoms with E-state index in [1.807, 2.05) is 30.0 Å². The van der Waals surface area contributed by atoms with Crippen molar-refractivity contribution in [2.45, 2.75) is 19.8 Å². The van der Waals surface area contributed by atoms with Crippen molar-refractivity contribution in [2.75, 3.05) is 26.7 Å². The fraction of sp³-hybridized carbons (Fsp3) is 0.467. The highest BCUT2D eigenvalue weighted by molar-refractivity contribution is 5.96. The van der Waals surface area contributed by atoms with Crippen LogP contribution in [0.5, 0.6) is 0 Å². The number of hydrogen-bond donors (Lipinski definition) is 0. The molecule has 4 nitrogen and oxygen atoms in total. The molecule has 1 aliphatic rings. The molecular formula is C15H20N2O2. The number of rotatable bonds is 3. The molecule has 0 N–H and O–H groups in total. The van der Waals surface area contributed by atoms with Crippen LogP contribution in [0.3, 0.4) is 0 Å². The third-order valence-electron chi connectivity index (χ3n) is 3.44. The number of likely N-dealkylation sites (N-methyl/N-ethyl adjacent to an activating group) is 1. The summed E-state index contributed by atoms with van der Waals surface area (Å²) in [6, 6.07) is 7.44. The predicted molar refractivity (Wildman–Crippen MR) is 74.0 cm³/mol. The zero-order valence-electron chi connectivity index (χ0n) is 11.6. The second kappa shape index (κ2) is 5.87. The fourth-order valence-corrected chi connectivity index (χ4v) is 2.34. The topological polar surface area (TPSA) is 40.6 Å². The Labute approximate surface area is 114 Å². The molecule has 102 valence electrons. The van der Waals surface area contributed by atoms with Gasteiger partial charge in [0.05, 0.1) is 6.54 Å². The van der Waals surface area contributed by atoms with E-state index in [2.05, 4.69) is 0 Å². The van der Waals surface area contributed by atoms with Crippen molar-refractivity contribution < 1.29 is 9.59 Å². The minimum absolute atomic E-state index is 0.0426. The first-order valence-corrected chi connectivity index (χ1v) is 6.68. The summed E-state index contributed by atoms with van der Waals surface area (Å²) >= 11 is 0.